The van der Waals surface area contributed by atoms with Gasteiger partial charge in [0.25, 0.3) is 0 Å². The van der Waals surface area contributed by atoms with Crippen molar-refractivity contribution >= 4 is 0 Å². The molecule has 1 aliphatic rings. The zero-order valence-electron chi connectivity index (χ0n) is 8.05. The lowest BCUT2D eigenvalue weighted by Gasteiger charge is -2.13. The summed E-state index contributed by atoms with van der Waals surface area (Å²) in [4.78, 5) is 0. The molecule has 0 radical (unpaired) electrons. The maximum atomic E-state index is 13.3. The van der Waals surface area contributed by atoms with E-state index < -0.39 is 23.8 Å². The molecule has 1 aliphatic heterocycles. The van der Waals surface area contributed by atoms with E-state index in [-0.39, 0.29) is 18.8 Å². The zero-order chi connectivity index (χ0) is 11.8. The molecule has 0 saturated carbocycles. The molecule has 0 aromatic heterocycles. The van der Waals surface area contributed by atoms with Gasteiger partial charge in [0.1, 0.15) is 5.82 Å². The van der Waals surface area contributed by atoms with Crippen molar-refractivity contribution in [3.8, 4) is 0 Å². The van der Waals surface area contributed by atoms with Crippen LogP contribution in [0.15, 0.2) is 18.2 Å². The molecule has 0 atom stereocenters. The molecule has 0 N–H and O–H groups in total. The quantitative estimate of drug-likeness (QED) is 0.698. The fourth-order valence-corrected chi connectivity index (χ4v) is 1.44. The highest BCUT2D eigenvalue weighted by atomic mass is 19.4. The molecule has 2 nitrogen and oxygen atoms in total. The molecule has 16 heavy (non-hydrogen) atoms. The molecule has 1 aromatic rings. The number of hydrogen-bond donors (Lipinski definition) is 0. The van der Waals surface area contributed by atoms with Gasteiger partial charge in [-0.3, -0.25) is 0 Å². The predicted molar refractivity (Wildman–Crippen MR) is 46.0 cm³/mol. The van der Waals surface area contributed by atoms with E-state index in [1.807, 2.05) is 0 Å². The Labute approximate surface area is 88.8 Å². The van der Waals surface area contributed by atoms with Crippen LogP contribution in [0.2, 0.25) is 0 Å². The fraction of sp³-hybridized carbons (Fsp3) is 0.400. The third kappa shape index (κ3) is 2.17. The van der Waals surface area contributed by atoms with E-state index in [1.165, 1.54) is 0 Å². The first-order valence-electron chi connectivity index (χ1n) is 4.58. The first-order valence-corrected chi connectivity index (χ1v) is 4.58. The average Bonchev–Trinajstić information content (AvgIpc) is 2.69. The second kappa shape index (κ2) is 4.03. The number of rotatable bonds is 1. The highest BCUT2D eigenvalue weighted by molar-refractivity contribution is 5.28. The Morgan fingerprint density at radius 3 is 2.31 bits per heavy atom. The molecule has 0 aliphatic carbocycles. The van der Waals surface area contributed by atoms with Crippen molar-refractivity contribution < 1.29 is 27.0 Å². The standard InChI is InChI=1S/C10H8F4O2/c11-8-2-1-6(10(12,13)14)5-7(8)9-15-3-4-16-9/h1-2,5,9H,3-4H2. The molecule has 0 bridgehead atoms. The van der Waals surface area contributed by atoms with E-state index in [0.717, 1.165) is 6.07 Å². The van der Waals surface area contributed by atoms with Gasteiger partial charge in [-0.1, -0.05) is 0 Å². The van der Waals surface area contributed by atoms with Crippen molar-refractivity contribution in [2.24, 2.45) is 0 Å². The molecule has 2 rings (SSSR count). The molecule has 88 valence electrons. The van der Waals surface area contributed by atoms with Crippen LogP contribution in [0.4, 0.5) is 17.6 Å². The summed E-state index contributed by atoms with van der Waals surface area (Å²) in [6, 6.07) is 2.17. The summed E-state index contributed by atoms with van der Waals surface area (Å²) in [5.41, 5.74) is -1.13. The van der Waals surface area contributed by atoms with Gasteiger partial charge in [-0.25, -0.2) is 4.39 Å². The maximum Gasteiger partial charge on any atom is 0.416 e. The summed E-state index contributed by atoms with van der Waals surface area (Å²) < 4.78 is 60.3. The Bertz CT molecular complexity index is 383. The van der Waals surface area contributed by atoms with Gasteiger partial charge in [0, 0.05) is 5.56 Å². The van der Waals surface area contributed by atoms with Crippen molar-refractivity contribution in [2.45, 2.75) is 12.5 Å². The summed E-state index contributed by atoms with van der Waals surface area (Å²) in [7, 11) is 0. The average molecular weight is 236 g/mol. The first kappa shape index (κ1) is 11.3. The number of halogens is 4. The van der Waals surface area contributed by atoms with Crippen molar-refractivity contribution in [2.75, 3.05) is 13.2 Å². The largest absolute Gasteiger partial charge is 0.416 e. The van der Waals surface area contributed by atoms with Crippen LogP contribution in [0.1, 0.15) is 17.4 Å². The van der Waals surface area contributed by atoms with E-state index >= 15 is 0 Å². The molecule has 0 spiro atoms. The second-order valence-corrected chi connectivity index (χ2v) is 3.31. The van der Waals surface area contributed by atoms with Gasteiger partial charge in [0.2, 0.25) is 0 Å². The molecular formula is C10H8F4O2. The lowest BCUT2D eigenvalue weighted by molar-refractivity contribution is -0.137. The highest BCUT2D eigenvalue weighted by Gasteiger charge is 2.33. The lowest BCUT2D eigenvalue weighted by Crippen LogP contribution is -2.09. The molecule has 0 amide bonds. The minimum absolute atomic E-state index is 0.215. The molecule has 1 aromatic carbocycles. The van der Waals surface area contributed by atoms with E-state index in [4.69, 9.17) is 9.47 Å². The normalized spacial score (nSPS) is 18.0. The van der Waals surface area contributed by atoms with E-state index in [9.17, 15) is 17.6 Å². The van der Waals surface area contributed by atoms with Crippen molar-refractivity contribution in [1.82, 2.24) is 0 Å². The topological polar surface area (TPSA) is 18.5 Å². The Morgan fingerprint density at radius 2 is 1.75 bits per heavy atom. The number of hydrogen-bond acceptors (Lipinski definition) is 2. The monoisotopic (exact) mass is 236 g/mol. The first-order chi connectivity index (χ1) is 7.48. The van der Waals surface area contributed by atoms with E-state index in [2.05, 4.69) is 0 Å². The van der Waals surface area contributed by atoms with Crippen LogP contribution in [-0.4, -0.2) is 13.2 Å². The third-order valence-electron chi connectivity index (χ3n) is 2.20. The minimum atomic E-state index is -4.50. The van der Waals surface area contributed by atoms with E-state index in [0.29, 0.717) is 12.1 Å². The van der Waals surface area contributed by atoms with Crippen LogP contribution in [0.5, 0.6) is 0 Å². The molecule has 1 heterocycles. The Kier molecular flexibility index (Phi) is 2.86. The van der Waals surface area contributed by atoms with Gasteiger partial charge in [0.15, 0.2) is 6.29 Å². The minimum Gasteiger partial charge on any atom is -0.346 e. The molecule has 1 saturated heterocycles. The Morgan fingerprint density at radius 1 is 1.12 bits per heavy atom. The summed E-state index contributed by atoms with van der Waals surface area (Å²) in [6.45, 7) is 0.501. The number of ether oxygens (including phenoxy) is 2. The van der Waals surface area contributed by atoms with Gasteiger partial charge in [0.05, 0.1) is 18.8 Å². The van der Waals surface area contributed by atoms with E-state index in [1.54, 1.807) is 0 Å². The van der Waals surface area contributed by atoms with Crippen molar-refractivity contribution in [1.29, 1.82) is 0 Å². The van der Waals surface area contributed by atoms with Crippen LogP contribution in [0.3, 0.4) is 0 Å². The molecule has 1 fully saturated rings. The highest BCUT2D eigenvalue weighted by Crippen LogP contribution is 2.33. The van der Waals surface area contributed by atoms with Crippen LogP contribution >= 0.6 is 0 Å². The molecule has 6 heteroatoms. The van der Waals surface area contributed by atoms with Crippen molar-refractivity contribution in [3.63, 3.8) is 0 Å². The van der Waals surface area contributed by atoms with Gasteiger partial charge < -0.3 is 9.47 Å². The third-order valence-corrected chi connectivity index (χ3v) is 2.20. The summed E-state index contributed by atoms with van der Waals surface area (Å²) in [5.74, 6) is -0.764. The predicted octanol–water partition coefficient (Wildman–Crippen LogP) is 2.89. The fourth-order valence-electron chi connectivity index (χ4n) is 1.44. The maximum absolute atomic E-state index is 13.3. The molecule has 0 unspecified atom stereocenters. The summed E-state index contributed by atoms with van der Waals surface area (Å²) >= 11 is 0. The van der Waals surface area contributed by atoms with Gasteiger partial charge in [-0.05, 0) is 18.2 Å². The smallest absolute Gasteiger partial charge is 0.346 e. The Balaban J connectivity index is 2.36. The summed E-state index contributed by atoms with van der Waals surface area (Å²) in [6.07, 6.45) is -5.54. The summed E-state index contributed by atoms with van der Waals surface area (Å²) in [5, 5.41) is 0. The van der Waals surface area contributed by atoms with Gasteiger partial charge in [-0.2, -0.15) is 13.2 Å². The van der Waals surface area contributed by atoms with Crippen LogP contribution in [-0.2, 0) is 15.7 Å². The number of alkyl halides is 3. The number of benzene rings is 1. The van der Waals surface area contributed by atoms with Crippen molar-refractivity contribution in [3.05, 3.63) is 35.1 Å². The van der Waals surface area contributed by atoms with Gasteiger partial charge in [-0.15, -0.1) is 0 Å². The van der Waals surface area contributed by atoms with Gasteiger partial charge >= 0.3 is 6.18 Å². The zero-order valence-corrected chi connectivity index (χ0v) is 8.05. The molecular weight excluding hydrogens is 228 g/mol. The lowest BCUT2D eigenvalue weighted by atomic mass is 10.1. The van der Waals surface area contributed by atoms with Crippen LogP contribution in [0.25, 0.3) is 0 Å². The Hall–Kier alpha value is -1.14. The van der Waals surface area contributed by atoms with Crippen LogP contribution < -0.4 is 0 Å². The van der Waals surface area contributed by atoms with Crippen LogP contribution in [0, 0.1) is 5.82 Å². The second-order valence-electron chi connectivity index (χ2n) is 3.31. The SMILES string of the molecule is Fc1ccc(C(F)(F)F)cc1C1OCCO1.